The second-order valence-electron chi connectivity index (χ2n) is 6.58. The van der Waals surface area contributed by atoms with Crippen LogP contribution in [0.1, 0.15) is 18.4 Å². The highest BCUT2D eigenvalue weighted by molar-refractivity contribution is 7.99. The quantitative estimate of drug-likeness (QED) is 0.423. The Morgan fingerprint density at radius 3 is 2.59 bits per heavy atom. The second kappa shape index (κ2) is 12.0. The molecule has 2 aromatic rings. The van der Waals surface area contributed by atoms with Crippen molar-refractivity contribution in [3.05, 3.63) is 65.2 Å². The van der Waals surface area contributed by atoms with Crippen molar-refractivity contribution in [3.8, 4) is 0 Å². The molecular formula is C22H27ClN2OS. The number of benzene rings is 2. The fraction of sp³-hybridized carbons (Fsp3) is 0.318. The molecular weight excluding hydrogens is 376 g/mol. The zero-order valence-electron chi connectivity index (χ0n) is 16.0. The van der Waals surface area contributed by atoms with E-state index in [1.54, 1.807) is 17.8 Å². The van der Waals surface area contributed by atoms with Crippen molar-refractivity contribution in [2.24, 2.45) is 0 Å². The molecule has 0 saturated heterocycles. The maximum Gasteiger partial charge on any atom is 0.169 e. The number of unbranched alkanes of at least 4 members (excludes halogenated alkanes) is 1. The predicted molar refractivity (Wildman–Crippen MR) is 117 cm³/mol. The topological polar surface area (TPSA) is 32.3 Å². The van der Waals surface area contributed by atoms with Crippen LogP contribution >= 0.6 is 23.4 Å². The van der Waals surface area contributed by atoms with Crippen molar-refractivity contribution in [2.75, 3.05) is 33.7 Å². The number of carbonyl (C=O) groups is 1. The lowest BCUT2D eigenvalue weighted by Gasteiger charge is -2.08. The van der Waals surface area contributed by atoms with Gasteiger partial charge in [0.25, 0.3) is 0 Å². The van der Waals surface area contributed by atoms with E-state index in [2.05, 4.69) is 30.4 Å². The monoisotopic (exact) mass is 402 g/mol. The summed E-state index contributed by atoms with van der Waals surface area (Å²) in [6.45, 7) is 2.33. The summed E-state index contributed by atoms with van der Waals surface area (Å²) in [6, 6.07) is 15.8. The van der Waals surface area contributed by atoms with Crippen LogP contribution in [0.5, 0.6) is 0 Å². The van der Waals surface area contributed by atoms with E-state index >= 15 is 0 Å². The van der Waals surface area contributed by atoms with Crippen LogP contribution in [-0.4, -0.2) is 44.4 Å². The highest BCUT2D eigenvalue weighted by Gasteiger charge is 2.03. The Balaban J connectivity index is 1.83. The molecule has 0 atom stereocenters. The van der Waals surface area contributed by atoms with Crippen LogP contribution in [-0.2, 0) is 4.79 Å². The highest BCUT2D eigenvalue weighted by Crippen LogP contribution is 2.31. The molecule has 1 N–H and O–H groups in total. The van der Waals surface area contributed by atoms with Crippen molar-refractivity contribution >= 4 is 35.2 Å². The average Bonchev–Trinajstić information content (AvgIpc) is 2.65. The molecule has 0 aromatic heterocycles. The van der Waals surface area contributed by atoms with Gasteiger partial charge < -0.3 is 10.2 Å². The third kappa shape index (κ3) is 8.76. The smallest absolute Gasteiger partial charge is 0.169 e. The SMILES string of the molecule is CN(C)CCCCNCC(=O)/C=C\c1ccccc1Sc1ccc(Cl)cc1. The minimum atomic E-state index is 0.0916. The highest BCUT2D eigenvalue weighted by atomic mass is 35.5. The molecule has 0 bridgehead atoms. The third-order valence-electron chi connectivity index (χ3n) is 3.92. The first-order chi connectivity index (χ1) is 13.0. The third-order valence-corrected chi connectivity index (χ3v) is 5.27. The molecule has 0 heterocycles. The number of hydrogen-bond donors (Lipinski definition) is 1. The van der Waals surface area contributed by atoms with Crippen molar-refractivity contribution in [3.63, 3.8) is 0 Å². The summed E-state index contributed by atoms with van der Waals surface area (Å²) in [6.07, 6.45) is 5.78. The van der Waals surface area contributed by atoms with E-state index in [0.29, 0.717) is 6.54 Å². The fourth-order valence-electron chi connectivity index (χ4n) is 2.47. The molecule has 2 rings (SSSR count). The van der Waals surface area contributed by atoms with Crippen LogP contribution < -0.4 is 5.32 Å². The van der Waals surface area contributed by atoms with Crippen molar-refractivity contribution < 1.29 is 4.79 Å². The molecule has 144 valence electrons. The zero-order chi connectivity index (χ0) is 19.5. The average molecular weight is 403 g/mol. The van der Waals surface area contributed by atoms with Crippen molar-refractivity contribution in [1.82, 2.24) is 10.2 Å². The number of nitrogens with zero attached hydrogens (tertiary/aromatic N) is 1. The van der Waals surface area contributed by atoms with Gasteiger partial charge in [-0.1, -0.05) is 47.6 Å². The molecule has 0 aliphatic rings. The van der Waals surface area contributed by atoms with Gasteiger partial charge in [-0.15, -0.1) is 0 Å². The molecule has 0 amide bonds. The first-order valence-electron chi connectivity index (χ1n) is 9.13. The molecule has 0 aliphatic carbocycles. The van der Waals surface area contributed by atoms with Crippen LogP contribution in [0.15, 0.2) is 64.4 Å². The Morgan fingerprint density at radius 1 is 1.11 bits per heavy atom. The van der Waals surface area contributed by atoms with E-state index in [-0.39, 0.29) is 5.78 Å². The van der Waals surface area contributed by atoms with E-state index < -0.39 is 0 Å². The van der Waals surface area contributed by atoms with E-state index in [1.807, 2.05) is 48.5 Å². The standard InChI is InChI=1S/C22H27ClN2OS/c1-25(2)16-6-5-15-24-17-20(26)12-9-18-7-3-4-8-22(18)27-21-13-10-19(23)11-14-21/h3-4,7-14,24H,5-6,15-17H2,1-2H3/b12-9-. The van der Waals surface area contributed by atoms with Gasteiger partial charge in [0.1, 0.15) is 0 Å². The van der Waals surface area contributed by atoms with Crippen LogP contribution in [0.3, 0.4) is 0 Å². The van der Waals surface area contributed by atoms with E-state index in [0.717, 1.165) is 46.3 Å². The molecule has 3 nitrogen and oxygen atoms in total. The van der Waals surface area contributed by atoms with Crippen LogP contribution in [0.25, 0.3) is 6.08 Å². The maximum absolute atomic E-state index is 12.1. The van der Waals surface area contributed by atoms with Crippen molar-refractivity contribution in [1.29, 1.82) is 0 Å². The van der Waals surface area contributed by atoms with Gasteiger partial charge in [0.2, 0.25) is 0 Å². The van der Waals surface area contributed by atoms with Crippen molar-refractivity contribution in [2.45, 2.75) is 22.6 Å². The van der Waals surface area contributed by atoms with Gasteiger partial charge in [-0.25, -0.2) is 0 Å². The normalized spacial score (nSPS) is 11.4. The van der Waals surface area contributed by atoms with Gasteiger partial charge >= 0.3 is 0 Å². The van der Waals surface area contributed by atoms with E-state index in [4.69, 9.17) is 11.6 Å². The van der Waals surface area contributed by atoms with Gasteiger partial charge in [-0.3, -0.25) is 4.79 Å². The minimum absolute atomic E-state index is 0.0916. The number of hydrogen-bond acceptors (Lipinski definition) is 4. The Bertz CT molecular complexity index is 744. The largest absolute Gasteiger partial charge is 0.310 e. The lowest BCUT2D eigenvalue weighted by atomic mass is 10.2. The Hall–Kier alpha value is -1.59. The van der Waals surface area contributed by atoms with Crippen LogP contribution in [0, 0.1) is 0 Å². The fourth-order valence-corrected chi connectivity index (χ4v) is 3.52. The zero-order valence-corrected chi connectivity index (χ0v) is 17.5. The molecule has 0 saturated carbocycles. The van der Waals surface area contributed by atoms with Gasteiger partial charge in [0.15, 0.2) is 5.78 Å². The summed E-state index contributed by atoms with van der Waals surface area (Å²) in [5.74, 6) is 0.0916. The Labute approximate surface area is 171 Å². The van der Waals surface area contributed by atoms with Gasteiger partial charge in [-0.2, -0.15) is 0 Å². The van der Waals surface area contributed by atoms with Crippen LogP contribution in [0.4, 0.5) is 0 Å². The Kier molecular flexibility index (Phi) is 9.64. The number of rotatable bonds is 11. The number of nitrogens with one attached hydrogen (secondary N) is 1. The van der Waals surface area contributed by atoms with Crippen LogP contribution in [0.2, 0.25) is 5.02 Å². The molecule has 0 radical (unpaired) electrons. The molecule has 5 heteroatoms. The molecule has 0 fully saturated rings. The van der Waals surface area contributed by atoms with Gasteiger partial charge in [0, 0.05) is 14.8 Å². The minimum Gasteiger partial charge on any atom is -0.310 e. The van der Waals surface area contributed by atoms with Gasteiger partial charge in [0.05, 0.1) is 6.54 Å². The van der Waals surface area contributed by atoms with E-state index in [1.165, 1.54) is 0 Å². The predicted octanol–water partition coefficient (Wildman–Crippen LogP) is 5.00. The first-order valence-corrected chi connectivity index (χ1v) is 10.3. The maximum atomic E-state index is 12.1. The molecule has 0 spiro atoms. The second-order valence-corrected chi connectivity index (χ2v) is 8.13. The molecule has 0 unspecified atom stereocenters. The summed E-state index contributed by atoms with van der Waals surface area (Å²) < 4.78 is 0. The molecule has 27 heavy (non-hydrogen) atoms. The summed E-state index contributed by atoms with van der Waals surface area (Å²) >= 11 is 7.61. The molecule has 2 aromatic carbocycles. The summed E-state index contributed by atoms with van der Waals surface area (Å²) in [7, 11) is 4.15. The number of halogens is 1. The number of carbonyl (C=O) groups excluding carboxylic acids is 1. The lowest BCUT2D eigenvalue weighted by Crippen LogP contribution is -2.23. The van der Waals surface area contributed by atoms with E-state index in [9.17, 15) is 4.79 Å². The Morgan fingerprint density at radius 2 is 1.85 bits per heavy atom. The van der Waals surface area contributed by atoms with Gasteiger partial charge in [-0.05, 0) is 82.0 Å². The molecule has 0 aliphatic heterocycles. The summed E-state index contributed by atoms with van der Waals surface area (Å²) in [5, 5.41) is 3.95. The first kappa shape index (κ1) is 21.7. The summed E-state index contributed by atoms with van der Waals surface area (Å²) in [5.41, 5.74) is 1.04. The lowest BCUT2D eigenvalue weighted by molar-refractivity contribution is -0.113. The number of ketones is 1. The summed E-state index contributed by atoms with van der Waals surface area (Å²) in [4.78, 5) is 16.5.